The predicted molar refractivity (Wildman–Crippen MR) is 92.7 cm³/mol. The van der Waals surface area contributed by atoms with E-state index >= 15 is 0 Å². The van der Waals surface area contributed by atoms with Gasteiger partial charge in [0.05, 0.1) is 30.9 Å². The van der Waals surface area contributed by atoms with Crippen LogP contribution < -0.4 is 10.1 Å². The molecule has 6 nitrogen and oxygen atoms in total. The van der Waals surface area contributed by atoms with Crippen LogP contribution >= 0.6 is 0 Å². The van der Waals surface area contributed by atoms with E-state index in [2.05, 4.69) is 26.1 Å². The smallest absolute Gasteiger partial charge is 0.310 e. The number of carboxylic acids is 1. The molecule has 2 bridgehead atoms. The molecule has 6 heteroatoms. The lowest BCUT2D eigenvalue weighted by Gasteiger charge is -2.24. The standard InChI is InChI=1S/C19H23NO5/c1-19(2,3)10-5-6-12(24-4)11(9-10)20-17(21)15-13-7-8-14(25-13)16(15)18(22)23/h5-9,13-16H,1-4H3,(H,20,21)(H,22,23)/t13-,14+,15+,16+/m1/s1. The number of carbonyl (C=O) groups is 2. The predicted octanol–water partition coefficient (Wildman–Crippen LogP) is 2.59. The fourth-order valence-electron chi connectivity index (χ4n) is 3.40. The van der Waals surface area contributed by atoms with Crippen molar-refractivity contribution in [3.63, 3.8) is 0 Å². The van der Waals surface area contributed by atoms with Gasteiger partial charge in [-0.2, -0.15) is 0 Å². The molecule has 2 N–H and O–H groups in total. The van der Waals surface area contributed by atoms with Gasteiger partial charge < -0.3 is 19.9 Å². The summed E-state index contributed by atoms with van der Waals surface area (Å²) in [5, 5.41) is 12.3. The van der Waals surface area contributed by atoms with Crippen molar-refractivity contribution in [2.45, 2.75) is 38.4 Å². The number of hydrogen-bond acceptors (Lipinski definition) is 4. The highest BCUT2D eigenvalue weighted by atomic mass is 16.5. The Morgan fingerprint density at radius 1 is 1.16 bits per heavy atom. The highest BCUT2D eigenvalue weighted by Crippen LogP contribution is 2.40. The summed E-state index contributed by atoms with van der Waals surface area (Å²) in [5.74, 6) is -2.48. The largest absolute Gasteiger partial charge is 0.495 e. The number of hydrogen-bond donors (Lipinski definition) is 2. The Kier molecular flexibility index (Phi) is 4.33. The van der Waals surface area contributed by atoms with Gasteiger partial charge in [0.25, 0.3) is 0 Å². The van der Waals surface area contributed by atoms with E-state index in [1.54, 1.807) is 12.2 Å². The third kappa shape index (κ3) is 3.14. The van der Waals surface area contributed by atoms with Gasteiger partial charge >= 0.3 is 5.97 Å². The third-order valence-electron chi connectivity index (χ3n) is 4.81. The summed E-state index contributed by atoms with van der Waals surface area (Å²) >= 11 is 0. The van der Waals surface area contributed by atoms with Gasteiger partial charge in [-0.15, -0.1) is 0 Å². The van der Waals surface area contributed by atoms with Crippen molar-refractivity contribution < 1.29 is 24.2 Å². The first-order valence-corrected chi connectivity index (χ1v) is 8.28. The van der Waals surface area contributed by atoms with E-state index in [-0.39, 0.29) is 11.3 Å². The minimum absolute atomic E-state index is 0.0897. The van der Waals surface area contributed by atoms with Crippen LogP contribution in [-0.4, -0.2) is 36.3 Å². The summed E-state index contributed by atoms with van der Waals surface area (Å²) in [6.45, 7) is 6.24. The minimum atomic E-state index is -1.02. The molecule has 1 amide bonds. The molecule has 1 aromatic carbocycles. The Balaban J connectivity index is 1.88. The zero-order valence-electron chi connectivity index (χ0n) is 14.8. The van der Waals surface area contributed by atoms with Crippen molar-refractivity contribution >= 4 is 17.6 Å². The van der Waals surface area contributed by atoms with E-state index in [1.165, 1.54) is 7.11 Å². The number of carbonyl (C=O) groups excluding carboxylic acids is 1. The molecule has 1 aromatic rings. The van der Waals surface area contributed by atoms with E-state index in [0.29, 0.717) is 11.4 Å². The number of aliphatic carboxylic acids is 1. The molecule has 0 spiro atoms. The van der Waals surface area contributed by atoms with Crippen molar-refractivity contribution in [3.05, 3.63) is 35.9 Å². The lowest BCUT2D eigenvalue weighted by atomic mass is 9.82. The summed E-state index contributed by atoms with van der Waals surface area (Å²) in [7, 11) is 1.53. The molecule has 4 atom stereocenters. The lowest BCUT2D eigenvalue weighted by Crippen LogP contribution is -2.39. The van der Waals surface area contributed by atoms with Crippen molar-refractivity contribution in [1.82, 2.24) is 0 Å². The molecule has 0 radical (unpaired) electrons. The summed E-state index contributed by atoms with van der Waals surface area (Å²) in [5.41, 5.74) is 1.49. The van der Waals surface area contributed by atoms with Crippen molar-refractivity contribution in [1.29, 1.82) is 0 Å². The van der Waals surface area contributed by atoms with Crippen LogP contribution in [0.4, 0.5) is 5.69 Å². The Morgan fingerprint density at radius 3 is 2.36 bits per heavy atom. The van der Waals surface area contributed by atoms with Crippen LogP contribution in [-0.2, 0) is 19.7 Å². The molecule has 2 aliphatic rings. The van der Waals surface area contributed by atoms with Gasteiger partial charge in [0.15, 0.2) is 0 Å². The summed E-state index contributed by atoms with van der Waals surface area (Å²) in [6, 6.07) is 5.64. The molecule has 0 aromatic heterocycles. The van der Waals surface area contributed by atoms with E-state index < -0.39 is 30.0 Å². The number of ether oxygens (including phenoxy) is 2. The molecule has 0 aliphatic carbocycles. The van der Waals surface area contributed by atoms with Gasteiger partial charge in [-0.05, 0) is 23.1 Å². The molecule has 134 valence electrons. The second-order valence-corrected chi connectivity index (χ2v) is 7.49. The Bertz CT molecular complexity index is 734. The number of anilines is 1. The number of carboxylic acid groups (broad SMARTS) is 1. The van der Waals surface area contributed by atoms with Crippen LogP contribution in [0.1, 0.15) is 26.3 Å². The SMILES string of the molecule is COc1ccc(C(C)(C)C)cc1NC(=O)[C@@H]1[C@@H](C(=O)O)[C@@H]2C=C[C@H]1O2. The second kappa shape index (κ2) is 6.19. The third-order valence-corrected chi connectivity index (χ3v) is 4.81. The first kappa shape index (κ1) is 17.5. The maximum atomic E-state index is 12.8. The van der Waals surface area contributed by atoms with E-state index in [9.17, 15) is 14.7 Å². The van der Waals surface area contributed by atoms with Crippen LogP contribution in [0.15, 0.2) is 30.4 Å². The highest BCUT2D eigenvalue weighted by Gasteiger charge is 2.53. The average molecular weight is 345 g/mol. The van der Waals surface area contributed by atoms with Crippen LogP contribution in [0, 0.1) is 11.8 Å². The summed E-state index contributed by atoms with van der Waals surface area (Å²) in [6.07, 6.45) is 2.44. The maximum absolute atomic E-state index is 12.8. The fourth-order valence-corrected chi connectivity index (χ4v) is 3.40. The zero-order valence-corrected chi connectivity index (χ0v) is 14.8. The maximum Gasteiger partial charge on any atom is 0.310 e. The van der Waals surface area contributed by atoms with Crippen LogP contribution in [0.3, 0.4) is 0 Å². The van der Waals surface area contributed by atoms with E-state index in [1.807, 2.05) is 18.2 Å². The molecule has 1 saturated heterocycles. The summed E-state index contributed by atoms with van der Waals surface area (Å²) < 4.78 is 10.9. The number of rotatable bonds is 4. The first-order valence-electron chi connectivity index (χ1n) is 8.28. The highest BCUT2D eigenvalue weighted by molar-refractivity contribution is 5.97. The van der Waals surface area contributed by atoms with Gasteiger partial charge in [-0.3, -0.25) is 9.59 Å². The number of methoxy groups -OCH3 is 1. The van der Waals surface area contributed by atoms with Crippen LogP contribution in [0.25, 0.3) is 0 Å². The molecule has 3 rings (SSSR count). The van der Waals surface area contributed by atoms with Gasteiger partial charge in [0.2, 0.25) is 5.91 Å². The lowest BCUT2D eigenvalue weighted by molar-refractivity contribution is -0.145. The van der Waals surface area contributed by atoms with Crippen LogP contribution in [0.5, 0.6) is 5.75 Å². The van der Waals surface area contributed by atoms with Crippen molar-refractivity contribution in [2.24, 2.45) is 11.8 Å². The summed E-state index contributed by atoms with van der Waals surface area (Å²) in [4.78, 5) is 24.4. The number of amides is 1. The number of nitrogens with one attached hydrogen (secondary N) is 1. The molecule has 2 aliphatic heterocycles. The van der Waals surface area contributed by atoms with Crippen LogP contribution in [0.2, 0.25) is 0 Å². The molecule has 1 fully saturated rings. The van der Waals surface area contributed by atoms with Gasteiger partial charge in [0.1, 0.15) is 11.7 Å². The molecular formula is C19H23NO5. The Labute approximate surface area is 146 Å². The molecule has 0 saturated carbocycles. The topological polar surface area (TPSA) is 84.9 Å². The van der Waals surface area contributed by atoms with Crippen molar-refractivity contribution in [3.8, 4) is 5.75 Å². The normalized spacial score (nSPS) is 27.4. The number of fused-ring (bicyclic) bond motifs is 2. The van der Waals surface area contributed by atoms with Gasteiger partial charge in [-0.1, -0.05) is 39.0 Å². The van der Waals surface area contributed by atoms with E-state index in [4.69, 9.17) is 9.47 Å². The fraction of sp³-hybridized carbons (Fsp3) is 0.474. The van der Waals surface area contributed by atoms with E-state index in [0.717, 1.165) is 5.56 Å². The first-order chi connectivity index (χ1) is 11.7. The quantitative estimate of drug-likeness (QED) is 0.820. The Morgan fingerprint density at radius 2 is 1.80 bits per heavy atom. The molecular weight excluding hydrogens is 322 g/mol. The second-order valence-electron chi connectivity index (χ2n) is 7.49. The Hall–Kier alpha value is -2.34. The molecule has 2 heterocycles. The van der Waals surface area contributed by atoms with Gasteiger partial charge in [0, 0.05) is 0 Å². The van der Waals surface area contributed by atoms with Gasteiger partial charge in [-0.25, -0.2) is 0 Å². The number of benzene rings is 1. The average Bonchev–Trinajstić information content (AvgIpc) is 3.14. The minimum Gasteiger partial charge on any atom is -0.495 e. The zero-order chi connectivity index (χ0) is 18.4. The monoisotopic (exact) mass is 345 g/mol. The molecule has 25 heavy (non-hydrogen) atoms. The molecule has 0 unspecified atom stereocenters. The van der Waals surface area contributed by atoms with Crippen molar-refractivity contribution in [2.75, 3.05) is 12.4 Å².